The average Bonchev–Trinajstić information content (AvgIpc) is 3.33. The summed E-state index contributed by atoms with van der Waals surface area (Å²) in [6, 6.07) is 6.29. The van der Waals surface area contributed by atoms with E-state index in [1.165, 1.54) is 0 Å². The molecule has 2 fully saturated rings. The molecule has 0 atom stereocenters. The topological polar surface area (TPSA) is 115 Å². The van der Waals surface area contributed by atoms with E-state index < -0.39 is 24.1 Å². The van der Waals surface area contributed by atoms with E-state index in [0.717, 1.165) is 24.2 Å². The van der Waals surface area contributed by atoms with E-state index in [1.807, 2.05) is 0 Å². The number of carbonyl (C=O) groups is 3. The molecule has 1 spiro atoms. The Hall–Kier alpha value is -2.94. The number of nitrogens with one attached hydrogen (secondary N) is 1. The van der Waals surface area contributed by atoms with Crippen LogP contribution in [0.1, 0.15) is 44.9 Å². The van der Waals surface area contributed by atoms with Gasteiger partial charge in [-0.05, 0) is 55.9 Å². The van der Waals surface area contributed by atoms with Gasteiger partial charge in [0.15, 0.2) is 6.61 Å². The Kier molecular flexibility index (Phi) is 5.95. The highest BCUT2D eigenvalue weighted by Crippen LogP contribution is 2.37. The summed E-state index contributed by atoms with van der Waals surface area (Å²) in [6.07, 6.45) is 4.01. The lowest BCUT2D eigenvalue weighted by Gasteiger charge is -2.34. The van der Waals surface area contributed by atoms with Crippen LogP contribution in [0, 0.1) is 5.92 Å². The molecule has 10 heteroatoms. The number of nitrogens with zero attached hydrogens (tertiary/aromatic N) is 3. The summed E-state index contributed by atoms with van der Waals surface area (Å²) in [6.45, 7) is 1.41. The first-order valence-corrected chi connectivity index (χ1v) is 10.7. The van der Waals surface area contributed by atoms with Gasteiger partial charge in [0.2, 0.25) is 5.89 Å². The molecule has 1 saturated carbocycles. The number of aromatic nitrogens is 2. The van der Waals surface area contributed by atoms with Gasteiger partial charge in [-0.1, -0.05) is 24.9 Å². The molecular formula is C21H23ClN4O5. The Morgan fingerprint density at radius 2 is 1.97 bits per heavy atom. The van der Waals surface area contributed by atoms with Gasteiger partial charge in [-0.15, -0.1) is 10.2 Å². The minimum absolute atomic E-state index is 0.102. The van der Waals surface area contributed by atoms with Gasteiger partial charge >= 0.3 is 12.0 Å². The SMILES string of the molecule is CCC1CCC2(CC1)NC(=O)N(CC(=O)OCc1nnc(-c3ccc(Cl)cc3)o1)C2=O. The van der Waals surface area contributed by atoms with Gasteiger partial charge in [0.25, 0.3) is 11.8 Å². The molecule has 3 amide bonds. The van der Waals surface area contributed by atoms with Crippen LogP contribution in [0.25, 0.3) is 11.5 Å². The summed E-state index contributed by atoms with van der Waals surface area (Å²) < 4.78 is 10.6. The van der Waals surface area contributed by atoms with Gasteiger partial charge in [0, 0.05) is 10.6 Å². The molecule has 164 valence electrons. The third-order valence-corrected chi connectivity index (χ3v) is 6.24. The molecule has 2 aromatic rings. The van der Waals surface area contributed by atoms with Gasteiger partial charge in [-0.2, -0.15) is 0 Å². The molecule has 31 heavy (non-hydrogen) atoms. The number of urea groups is 1. The molecule has 4 rings (SSSR count). The van der Waals surface area contributed by atoms with E-state index in [0.29, 0.717) is 29.3 Å². The molecule has 0 bridgehead atoms. The van der Waals surface area contributed by atoms with Crippen LogP contribution in [0.4, 0.5) is 4.79 Å². The standard InChI is InChI=1S/C21H23ClN4O5/c1-2-13-7-9-21(10-8-13)19(28)26(20(29)23-21)11-17(27)30-12-16-24-25-18(31-16)14-3-5-15(22)6-4-14/h3-6,13H,2,7-12H2,1H3,(H,23,29). The van der Waals surface area contributed by atoms with Gasteiger partial charge in [-0.3, -0.25) is 14.5 Å². The second-order valence-corrected chi connectivity index (χ2v) is 8.36. The number of rotatable bonds is 6. The van der Waals surface area contributed by atoms with Crippen molar-refractivity contribution in [2.75, 3.05) is 6.54 Å². The van der Waals surface area contributed by atoms with Crippen molar-refractivity contribution in [3.05, 3.63) is 35.2 Å². The first-order valence-electron chi connectivity index (χ1n) is 10.3. The van der Waals surface area contributed by atoms with Crippen LogP contribution >= 0.6 is 11.6 Å². The minimum Gasteiger partial charge on any atom is -0.454 e. The molecule has 1 aliphatic carbocycles. The molecule has 0 unspecified atom stereocenters. The van der Waals surface area contributed by atoms with Crippen molar-refractivity contribution in [1.29, 1.82) is 0 Å². The summed E-state index contributed by atoms with van der Waals surface area (Å²) in [5, 5.41) is 11.1. The number of imide groups is 1. The number of halogens is 1. The van der Waals surface area contributed by atoms with Crippen molar-refractivity contribution < 1.29 is 23.5 Å². The van der Waals surface area contributed by atoms with Crippen LogP contribution in [0.3, 0.4) is 0 Å². The van der Waals surface area contributed by atoms with E-state index in [4.69, 9.17) is 20.8 Å². The molecule has 1 saturated heterocycles. The van der Waals surface area contributed by atoms with Crippen molar-refractivity contribution in [1.82, 2.24) is 20.4 Å². The zero-order valence-electron chi connectivity index (χ0n) is 17.1. The molecule has 2 heterocycles. The minimum atomic E-state index is -0.886. The van der Waals surface area contributed by atoms with Crippen LogP contribution in [-0.2, 0) is 20.9 Å². The molecule has 1 aromatic heterocycles. The van der Waals surface area contributed by atoms with E-state index in [9.17, 15) is 14.4 Å². The Morgan fingerprint density at radius 1 is 1.26 bits per heavy atom. The number of carbonyl (C=O) groups excluding carboxylic acids is 3. The van der Waals surface area contributed by atoms with E-state index in [2.05, 4.69) is 22.4 Å². The van der Waals surface area contributed by atoms with Crippen molar-refractivity contribution in [2.24, 2.45) is 5.92 Å². The Balaban J connectivity index is 1.31. The maximum absolute atomic E-state index is 12.9. The van der Waals surface area contributed by atoms with Gasteiger partial charge in [0.05, 0.1) is 0 Å². The highest BCUT2D eigenvalue weighted by Gasteiger charge is 2.52. The number of esters is 1. The van der Waals surface area contributed by atoms with Crippen LogP contribution in [-0.4, -0.2) is 45.1 Å². The van der Waals surface area contributed by atoms with Crippen LogP contribution in [0.5, 0.6) is 0 Å². The lowest BCUT2D eigenvalue weighted by Crippen LogP contribution is -2.49. The van der Waals surface area contributed by atoms with Crippen LogP contribution in [0.2, 0.25) is 5.02 Å². The third-order valence-electron chi connectivity index (χ3n) is 5.98. The number of hydrogen-bond acceptors (Lipinski definition) is 7. The molecular weight excluding hydrogens is 424 g/mol. The Morgan fingerprint density at radius 3 is 2.65 bits per heavy atom. The second-order valence-electron chi connectivity index (χ2n) is 7.92. The van der Waals surface area contributed by atoms with E-state index in [-0.39, 0.29) is 24.3 Å². The van der Waals surface area contributed by atoms with E-state index >= 15 is 0 Å². The second kappa shape index (κ2) is 8.66. The highest BCUT2D eigenvalue weighted by atomic mass is 35.5. The Bertz CT molecular complexity index is 982. The predicted octanol–water partition coefficient (Wildman–Crippen LogP) is 3.32. The highest BCUT2D eigenvalue weighted by molar-refractivity contribution is 6.30. The van der Waals surface area contributed by atoms with Gasteiger partial charge in [0.1, 0.15) is 12.1 Å². The predicted molar refractivity (Wildman–Crippen MR) is 110 cm³/mol. The fraction of sp³-hybridized carbons (Fsp3) is 0.476. The number of amides is 3. The van der Waals surface area contributed by atoms with Gasteiger partial charge < -0.3 is 14.5 Å². The monoisotopic (exact) mass is 446 g/mol. The molecule has 9 nitrogen and oxygen atoms in total. The average molecular weight is 447 g/mol. The molecule has 1 aliphatic heterocycles. The zero-order chi connectivity index (χ0) is 22.0. The lowest BCUT2D eigenvalue weighted by molar-refractivity contribution is -0.149. The smallest absolute Gasteiger partial charge is 0.326 e. The quantitative estimate of drug-likeness (QED) is 0.534. The van der Waals surface area contributed by atoms with Crippen LogP contribution in [0.15, 0.2) is 28.7 Å². The number of ether oxygens (including phenoxy) is 1. The summed E-state index contributed by atoms with van der Waals surface area (Å²) >= 11 is 5.86. The van der Waals surface area contributed by atoms with Crippen molar-refractivity contribution in [2.45, 2.75) is 51.2 Å². The maximum atomic E-state index is 12.9. The molecule has 1 aromatic carbocycles. The molecule has 0 radical (unpaired) electrons. The third kappa shape index (κ3) is 4.41. The normalized spacial score (nSPS) is 23.3. The van der Waals surface area contributed by atoms with E-state index in [1.54, 1.807) is 24.3 Å². The molecule has 1 N–H and O–H groups in total. The largest absolute Gasteiger partial charge is 0.454 e. The van der Waals surface area contributed by atoms with Crippen molar-refractivity contribution in [3.8, 4) is 11.5 Å². The first kappa shape index (κ1) is 21.3. The fourth-order valence-corrected chi connectivity index (χ4v) is 4.20. The van der Waals surface area contributed by atoms with Crippen molar-refractivity contribution >= 4 is 29.5 Å². The fourth-order valence-electron chi connectivity index (χ4n) is 4.08. The van der Waals surface area contributed by atoms with Crippen LogP contribution < -0.4 is 5.32 Å². The summed E-state index contributed by atoms with van der Waals surface area (Å²) in [5.41, 5.74) is -0.208. The summed E-state index contributed by atoms with van der Waals surface area (Å²) in [4.78, 5) is 38.4. The molecule has 2 aliphatic rings. The number of benzene rings is 1. The van der Waals surface area contributed by atoms with Crippen molar-refractivity contribution in [3.63, 3.8) is 0 Å². The van der Waals surface area contributed by atoms with Gasteiger partial charge in [-0.25, -0.2) is 4.79 Å². The first-order chi connectivity index (χ1) is 14.9. The summed E-state index contributed by atoms with van der Waals surface area (Å²) in [5.74, 6) is -0.145. The summed E-state index contributed by atoms with van der Waals surface area (Å²) in [7, 11) is 0. The lowest BCUT2D eigenvalue weighted by atomic mass is 9.75. The maximum Gasteiger partial charge on any atom is 0.326 e. The Labute approximate surface area is 184 Å². The zero-order valence-corrected chi connectivity index (χ0v) is 17.9. The number of hydrogen-bond donors (Lipinski definition) is 1.